The quantitative estimate of drug-likeness (QED) is 0.228. The van der Waals surface area contributed by atoms with Gasteiger partial charge in [0.2, 0.25) is 0 Å². The summed E-state index contributed by atoms with van der Waals surface area (Å²) in [4.78, 5) is 5.22. The average molecular weight is 520 g/mol. The van der Waals surface area contributed by atoms with Crippen LogP contribution in [0.4, 0.5) is 0 Å². The molecule has 1 N–H and O–H groups in total. The highest BCUT2D eigenvalue weighted by Gasteiger charge is 2.23. The molecule has 0 saturated carbocycles. The molecule has 0 bridgehead atoms. The van der Waals surface area contributed by atoms with E-state index in [2.05, 4.69) is 51.2 Å². The van der Waals surface area contributed by atoms with Gasteiger partial charge >= 0.3 is 0 Å². The first-order chi connectivity index (χ1) is 18.2. The minimum Gasteiger partial charge on any atom is -0.316 e. The zero-order valence-corrected chi connectivity index (χ0v) is 21.3. The Labute approximate surface area is 224 Å². The molecular formula is C30H22ClN5S. The van der Waals surface area contributed by atoms with Gasteiger partial charge in [-0.05, 0) is 36.5 Å². The van der Waals surface area contributed by atoms with Crippen LogP contribution in [0.2, 0.25) is 5.02 Å². The van der Waals surface area contributed by atoms with E-state index in [1.165, 1.54) is 0 Å². The lowest BCUT2D eigenvalue weighted by Gasteiger charge is -2.14. The largest absolute Gasteiger partial charge is 0.316 e. The molecule has 37 heavy (non-hydrogen) atoms. The molecule has 2 aromatic heterocycles. The second kappa shape index (κ2) is 10.0. The lowest BCUT2D eigenvalue weighted by Crippen LogP contribution is -2.10. The number of hydrogen-bond donors (Lipinski definition) is 1. The van der Waals surface area contributed by atoms with Crippen LogP contribution < -0.4 is 0 Å². The van der Waals surface area contributed by atoms with Gasteiger partial charge in [0.1, 0.15) is 5.82 Å². The molecule has 0 fully saturated rings. The summed E-state index contributed by atoms with van der Waals surface area (Å²) >= 11 is 11.8. The van der Waals surface area contributed by atoms with Crippen LogP contribution in [0.5, 0.6) is 0 Å². The van der Waals surface area contributed by atoms with E-state index in [4.69, 9.17) is 28.8 Å². The van der Waals surface area contributed by atoms with Crippen molar-refractivity contribution in [2.24, 2.45) is 0 Å². The highest BCUT2D eigenvalue weighted by atomic mass is 35.5. The van der Waals surface area contributed by atoms with Crippen molar-refractivity contribution in [3.63, 3.8) is 0 Å². The molecule has 0 amide bonds. The summed E-state index contributed by atoms with van der Waals surface area (Å²) in [5.74, 6) is 1.62. The van der Waals surface area contributed by atoms with Crippen LogP contribution in [0.15, 0.2) is 115 Å². The third-order valence-corrected chi connectivity index (χ3v) is 6.75. The third kappa shape index (κ3) is 4.53. The van der Waals surface area contributed by atoms with Crippen LogP contribution in [0.1, 0.15) is 5.82 Å². The van der Waals surface area contributed by atoms with E-state index in [1.54, 1.807) is 0 Å². The second-order valence-corrected chi connectivity index (χ2v) is 9.40. The Balaban J connectivity index is 1.61. The molecule has 2 heterocycles. The Bertz CT molecular complexity index is 1700. The Hall–Kier alpha value is -4.26. The lowest BCUT2D eigenvalue weighted by molar-refractivity contribution is 0.735. The molecule has 0 aliphatic rings. The molecule has 180 valence electrons. The highest BCUT2D eigenvalue weighted by molar-refractivity contribution is 7.71. The molecule has 0 unspecified atom stereocenters. The monoisotopic (exact) mass is 519 g/mol. The molecular weight excluding hydrogens is 498 g/mol. The SMILES string of the molecule is S=c1[nH]nc(Cn2c(-c3ccccc3)nc(-c3ccccc3)c2-c2ccccc2)n1-c1ccc(Cl)cc1. The highest BCUT2D eigenvalue weighted by Crippen LogP contribution is 2.36. The molecule has 0 radical (unpaired) electrons. The zero-order valence-electron chi connectivity index (χ0n) is 19.8. The molecule has 6 aromatic rings. The number of rotatable bonds is 6. The number of nitrogens with zero attached hydrogens (tertiary/aromatic N) is 4. The third-order valence-electron chi connectivity index (χ3n) is 6.22. The smallest absolute Gasteiger partial charge is 0.199 e. The molecule has 0 aliphatic carbocycles. The summed E-state index contributed by atoms with van der Waals surface area (Å²) in [5, 5.41) is 8.27. The van der Waals surface area contributed by atoms with Crippen molar-refractivity contribution in [1.82, 2.24) is 24.3 Å². The van der Waals surface area contributed by atoms with Crippen molar-refractivity contribution >= 4 is 23.8 Å². The summed E-state index contributed by atoms with van der Waals surface area (Å²) in [6.07, 6.45) is 0. The number of nitrogens with one attached hydrogen (secondary N) is 1. The summed E-state index contributed by atoms with van der Waals surface area (Å²) < 4.78 is 4.69. The summed E-state index contributed by atoms with van der Waals surface area (Å²) in [5.41, 5.74) is 5.97. The number of halogens is 1. The van der Waals surface area contributed by atoms with Crippen molar-refractivity contribution in [3.05, 3.63) is 131 Å². The predicted octanol–water partition coefficient (Wildman–Crippen LogP) is 7.83. The minimum atomic E-state index is 0.448. The number of benzene rings is 4. The van der Waals surface area contributed by atoms with Gasteiger partial charge < -0.3 is 4.57 Å². The first-order valence-corrected chi connectivity index (χ1v) is 12.7. The molecule has 4 aromatic carbocycles. The Kier molecular flexibility index (Phi) is 6.26. The fourth-order valence-corrected chi connectivity index (χ4v) is 4.92. The first kappa shape index (κ1) is 23.2. The molecule has 0 spiro atoms. The Morgan fingerprint density at radius 2 is 1.27 bits per heavy atom. The fraction of sp³-hybridized carbons (Fsp3) is 0.0333. The molecule has 0 saturated heterocycles. The van der Waals surface area contributed by atoms with Crippen LogP contribution in [-0.4, -0.2) is 24.3 Å². The molecule has 7 heteroatoms. The van der Waals surface area contributed by atoms with Gasteiger partial charge in [0, 0.05) is 27.4 Å². The summed E-state index contributed by atoms with van der Waals surface area (Å²) in [7, 11) is 0. The van der Waals surface area contributed by atoms with E-state index in [-0.39, 0.29) is 0 Å². The Morgan fingerprint density at radius 1 is 0.703 bits per heavy atom. The molecule has 6 rings (SSSR count). The minimum absolute atomic E-state index is 0.448. The molecule has 0 aliphatic heterocycles. The van der Waals surface area contributed by atoms with Gasteiger partial charge in [-0.1, -0.05) is 103 Å². The van der Waals surface area contributed by atoms with Crippen LogP contribution in [0.25, 0.3) is 39.6 Å². The van der Waals surface area contributed by atoms with Gasteiger partial charge in [0.25, 0.3) is 0 Å². The average Bonchev–Trinajstić information content (AvgIpc) is 3.51. The molecule has 5 nitrogen and oxygen atoms in total. The number of aromatic nitrogens is 5. The maximum Gasteiger partial charge on any atom is 0.199 e. The van der Waals surface area contributed by atoms with Crippen molar-refractivity contribution in [2.45, 2.75) is 6.54 Å². The van der Waals surface area contributed by atoms with E-state index < -0.39 is 0 Å². The van der Waals surface area contributed by atoms with Gasteiger partial charge in [0.15, 0.2) is 10.6 Å². The number of aromatic amines is 1. The second-order valence-electron chi connectivity index (χ2n) is 8.57. The standard InChI is InChI=1S/C30H22ClN5S/c31-24-16-18-25(19-17-24)36-26(33-34-30(36)37)20-35-28(22-12-6-2-7-13-22)27(21-10-4-1-5-11-21)32-29(35)23-14-8-3-9-15-23/h1-19H,20H2,(H,34,37). The normalized spacial score (nSPS) is 11.1. The van der Waals surface area contributed by atoms with E-state index >= 15 is 0 Å². The van der Waals surface area contributed by atoms with Gasteiger partial charge in [-0.3, -0.25) is 9.67 Å². The fourth-order valence-electron chi connectivity index (χ4n) is 4.53. The van der Waals surface area contributed by atoms with Gasteiger partial charge in [0.05, 0.1) is 17.9 Å². The van der Waals surface area contributed by atoms with E-state index in [0.29, 0.717) is 16.3 Å². The topological polar surface area (TPSA) is 51.4 Å². The van der Waals surface area contributed by atoms with Crippen molar-refractivity contribution in [1.29, 1.82) is 0 Å². The van der Waals surface area contributed by atoms with E-state index in [0.717, 1.165) is 45.4 Å². The van der Waals surface area contributed by atoms with Crippen LogP contribution in [-0.2, 0) is 6.54 Å². The predicted molar refractivity (Wildman–Crippen MR) is 151 cm³/mol. The van der Waals surface area contributed by atoms with Gasteiger partial charge in [-0.25, -0.2) is 4.98 Å². The van der Waals surface area contributed by atoms with E-state index in [1.807, 2.05) is 83.4 Å². The number of H-pyrrole nitrogens is 1. The summed E-state index contributed by atoms with van der Waals surface area (Å²) in [6, 6.07) is 38.5. The number of hydrogen-bond acceptors (Lipinski definition) is 3. The van der Waals surface area contributed by atoms with Gasteiger partial charge in [-0.15, -0.1) is 0 Å². The van der Waals surface area contributed by atoms with Crippen molar-refractivity contribution in [3.8, 4) is 39.6 Å². The van der Waals surface area contributed by atoms with Crippen LogP contribution >= 0.6 is 23.8 Å². The van der Waals surface area contributed by atoms with Gasteiger partial charge in [-0.2, -0.15) is 5.10 Å². The number of imidazole rings is 1. The summed E-state index contributed by atoms with van der Waals surface area (Å²) in [6.45, 7) is 0.448. The maximum absolute atomic E-state index is 6.15. The Morgan fingerprint density at radius 3 is 1.89 bits per heavy atom. The van der Waals surface area contributed by atoms with Crippen LogP contribution in [0.3, 0.4) is 0 Å². The lowest BCUT2D eigenvalue weighted by atomic mass is 10.0. The maximum atomic E-state index is 6.15. The van der Waals surface area contributed by atoms with Crippen molar-refractivity contribution in [2.75, 3.05) is 0 Å². The molecule has 0 atom stereocenters. The van der Waals surface area contributed by atoms with Crippen LogP contribution in [0, 0.1) is 4.77 Å². The zero-order chi connectivity index (χ0) is 25.2. The van der Waals surface area contributed by atoms with Crippen molar-refractivity contribution < 1.29 is 0 Å². The first-order valence-electron chi connectivity index (χ1n) is 11.9. The van der Waals surface area contributed by atoms with E-state index in [9.17, 15) is 0 Å².